The number of hydrogen-bond donors (Lipinski definition) is 2. The van der Waals surface area contributed by atoms with E-state index in [1.807, 2.05) is 0 Å². The van der Waals surface area contributed by atoms with Crippen molar-refractivity contribution in [3.8, 4) is 0 Å². The first-order valence-corrected chi connectivity index (χ1v) is 5.84. The predicted molar refractivity (Wildman–Crippen MR) is 60.9 cm³/mol. The van der Waals surface area contributed by atoms with Gasteiger partial charge in [0.2, 0.25) is 5.76 Å². The molecule has 2 N–H and O–H groups in total. The van der Waals surface area contributed by atoms with Crippen LogP contribution in [0.1, 0.15) is 36.1 Å². The fourth-order valence-electron chi connectivity index (χ4n) is 1.98. The first-order chi connectivity index (χ1) is 8.16. The van der Waals surface area contributed by atoms with Gasteiger partial charge in [0.25, 0.3) is 0 Å². The highest BCUT2D eigenvalue weighted by molar-refractivity contribution is 5.84. The number of aromatic carboxylic acids is 1. The van der Waals surface area contributed by atoms with Crippen molar-refractivity contribution < 1.29 is 19.1 Å². The SMILES string of the molecule is CC(NCc1ccc(C(=O)O)o1)C1CCCO1. The minimum atomic E-state index is -1.04. The molecule has 94 valence electrons. The van der Waals surface area contributed by atoms with Crippen molar-refractivity contribution in [3.63, 3.8) is 0 Å². The lowest BCUT2D eigenvalue weighted by Gasteiger charge is -2.19. The van der Waals surface area contributed by atoms with Crippen LogP contribution in [0.15, 0.2) is 16.5 Å². The van der Waals surface area contributed by atoms with E-state index in [4.69, 9.17) is 14.3 Å². The second kappa shape index (κ2) is 5.33. The Morgan fingerprint density at radius 2 is 2.47 bits per heavy atom. The van der Waals surface area contributed by atoms with E-state index in [2.05, 4.69) is 12.2 Å². The van der Waals surface area contributed by atoms with Gasteiger partial charge in [-0.2, -0.15) is 0 Å². The molecule has 2 atom stereocenters. The maximum atomic E-state index is 10.6. The maximum absolute atomic E-state index is 10.6. The van der Waals surface area contributed by atoms with Gasteiger partial charge in [-0.25, -0.2) is 4.79 Å². The van der Waals surface area contributed by atoms with Crippen LogP contribution >= 0.6 is 0 Å². The highest BCUT2D eigenvalue weighted by Crippen LogP contribution is 2.16. The van der Waals surface area contributed by atoms with E-state index in [0.717, 1.165) is 19.4 Å². The topological polar surface area (TPSA) is 71.7 Å². The Hall–Kier alpha value is -1.33. The molecule has 0 amide bonds. The monoisotopic (exact) mass is 239 g/mol. The Bertz CT molecular complexity index is 382. The lowest BCUT2D eigenvalue weighted by Crippen LogP contribution is -2.36. The molecule has 5 heteroatoms. The van der Waals surface area contributed by atoms with E-state index in [0.29, 0.717) is 12.3 Å². The van der Waals surface area contributed by atoms with Crippen molar-refractivity contribution in [3.05, 3.63) is 23.7 Å². The Labute approximate surface area is 99.8 Å². The standard InChI is InChI=1S/C12H17NO4/c1-8(10-3-2-6-16-10)13-7-9-4-5-11(17-9)12(14)15/h4-5,8,10,13H,2-3,6-7H2,1H3,(H,14,15). The molecule has 2 unspecified atom stereocenters. The number of rotatable bonds is 5. The minimum Gasteiger partial charge on any atom is -0.475 e. The van der Waals surface area contributed by atoms with Crippen molar-refractivity contribution in [1.82, 2.24) is 5.32 Å². The van der Waals surface area contributed by atoms with Crippen LogP contribution < -0.4 is 5.32 Å². The third-order valence-electron chi connectivity index (χ3n) is 2.99. The summed E-state index contributed by atoms with van der Waals surface area (Å²) in [5.41, 5.74) is 0. The number of furan rings is 1. The van der Waals surface area contributed by atoms with Gasteiger partial charge in [0.1, 0.15) is 5.76 Å². The lowest BCUT2D eigenvalue weighted by molar-refractivity contribution is 0.0658. The van der Waals surface area contributed by atoms with E-state index in [-0.39, 0.29) is 17.9 Å². The number of carboxylic acids is 1. The highest BCUT2D eigenvalue weighted by Gasteiger charge is 2.22. The first kappa shape index (κ1) is 12.1. The molecule has 1 fully saturated rings. The molecule has 1 aliphatic heterocycles. The van der Waals surface area contributed by atoms with Crippen LogP contribution in [0.4, 0.5) is 0 Å². The van der Waals surface area contributed by atoms with Gasteiger partial charge in [0.15, 0.2) is 0 Å². The Balaban J connectivity index is 1.82. The van der Waals surface area contributed by atoms with Crippen LogP contribution in [0.2, 0.25) is 0 Å². The zero-order chi connectivity index (χ0) is 12.3. The Morgan fingerprint density at radius 1 is 1.65 bits per heavy atom. The molecule has 0 bridgehead atoms. The lowest BCUT2D eigenvalue weighted by atomic mass is 10.1. The molecule has 1 saturated heterocycles. The summed E-state index contributed by atoms with van der Waals surface area (Å²) >= 11 is 0. The maximum Gasteiger partial charge on any atom is 0.371 e. The molecule has 5 nitrogen and oxygen atoms in total. The molecule has 0 spiro atoms. The molecular formula is C12H17NO4. The van der Waals surface area contributed by atoms with Gasteiger partial charge in [0, 0.05) is 12.6 Å². The van der Waals surface area contributed by atoms with Gasteiger partial charge in [-0.3, -0.25) is 0 Å². The van der Waals surface area contributed by atoms with Crippen molar-refractivity contribution in [2.75, 3.05) is 6.61 Å². The molecule has 2 heterocycles. The van der Waals surface area contributed by atoms with Crippen molar-refractivity contribution in [1.29, 1.82) is 0 Å². The second-order valence-electron chi connectivity index (χ2n) is 4.29. The Kier molecular flexibility index (Phi) is 3.81. The van der Waals surface area contributed by atoms with Gasteiger partial charge in [-0.05, 0) is 31.9 Å². The number of ether oxygens (including phenoxy) is 1. The first-order valence-electron chi connectivity index (χ1n) is 5.84. The molecule has 17 heavy (non-hydrogen) atoms. The summed E-state index contributed by atoms with van der Waals surface area (Å²) in [6.45, 7) is 3.42. The Morgan fingerprint density at radius 3 is 3.06 bits per heavy atom. The quantitative estimate of drug-likeness (QED) is 0.817. The summed E-state index contributed by atoms with van der Waals surface area (Å²) in [4.78, 5) is 10.6. The van der Waals surface area contributed by atoms with E-state index >= 15 is 0 Å². The number of hydrogen-bond acceptors (Lipinski definition) is 4. The van der Waals surface area contributed by atoms with Gasteiger partial charge in [-0.15, -0.1) is 0 Å². The van der Waals surface area contributed by atoms with Crippen LogP contribution in [-0.2, 0) is 11.3 Å². The fraction of sp³-hybridized carbons (Fsp3) is 0.583. The highest BCUT2D eigenvalue weighted by atomic mass is 16.5. The van der Waals surface area contributed by atoms with Gasteiger partial charge < -0.3 is 19.6 Å². The summed E-state index contributed by atoms with van der Waals surface area (Å²) in [6, 6.07) is 3.39. The minimum absolute atomic E-state index is 0.0217. The van der Waals surface area contributed by atoms with E-state index in [1.54, 1.807) is 6.07 Å². The largest absolute Gasteiger partial charge is 0.475 e. The normalized spacial score (nSPS) is 21.6. The van der Waals surface area contributed by atoms with Gasteiger partial charge in [-0.1, -0.05) is 0 Å². The van der Waals surface area contributed by atoms with Crippen molar-refractivity contribution >= 4 is 5.97 Å². The summed E-state index contributed by atoms with van der Waals surface area (Å²) in [5.74, 6) is -0.428. The summed E-state index contributed by atoms with van der Waals surface area (Å²) in [5, 5.41) is 12.0. The third-order valence-corrected chi connectivity index (χ3v) is 2.99. The summed E-state index contributed by atoms with van der Waals surface area (Å²) < 4.78 is 10.7. The van der Waals surface area contributed by atoms with Crippen LogP contribution in [0.5, 0.6) is 0 Å². The van der Waals surface area contributed by atoms with E-state index in [1.165, 1.54) is 6.07 Å². The molecule has 2 rings (SSSR count). The van der Waals surface area contributed by atoms with Crippen LogP contribution in [0, 0.1) is 0 Å². The molecule has 0 aliphatic carbocycles. The average Bonchev–Trinajstić information content (AvgIpc) is 2.97. The molecule has 0 saturated carbocycles. The van der Waals surface area contributed by atoms with E-state index in [9.17, 15) is 4.79 Å². The average molecular weight is 239 g/mol. The molecule has 0 aromatic carbocycles. The number of carboxylic acid groups (broad SMARTS) is 1. The number of nitrogens with one attached hydrogen (secondary N) is 1. The zero-order valence-corrected chi connectivity index (χ0v) is 9.81. The van der Waals surface area contributed by atoms with Gasteiger partial charge in [0.05, 0.1) is 12.6 Å². The predicted octanol–water partition coefficient (Wildman–Crippen LogP) is 1.63. The summed E-state index contributed by atoms with van der Waals surface area (Å²) in [7, 11) is 0. The van der Waals surface area contributed by atoms with Crippen molar-refractivity contribution in [2.24, 2.45) is 0 Å². The molecule has 1 aromatic heterocycles. The molecule has 0 radical (unpaired) electrons. The van der Waals surface area contributed by atoms with E-state index < -0.39 is 5.97 Å². The smallest absolute Gasteiger partial charge is 0.371 e. The molecular weight excluding hydrogens is 222 g/mol. The van der Waals surface area contributed by atoms with Gasteiger partial charge >= 0.3 is 5.97 Å². The number of carbonyl (C=O) groups is 1. The molecule has 1 aliphatic rings. The van der Waals surface area contributed by atoms with Crippen LogP contribution in [0.25, 0.3) is 0 Å². The third kappa shape index (κ3) is 3.08. The van der Waals surface area contributed by atoms with Crippen LogP contribution in [0.3, 0.4) is 0 Å². The second-order valence-corrected chi connectivity index (χ2v) is 4.29. The zero-order valence-electron chi connectivity index (χ0n) is 9.81. The fourth-order valence-corrected chi connectivity index (χ4v) is 1.98. The van der Waals surface area contributed by atoms with Crippen LogP contribution in [-0.4, -0.2) is 29.8 Å². The summed E-state index contributed by atoms with van der Waals surface area (Å²) in [6.07, 6.45) is 2.44. The molecule has 1 aromatic rings. The van der Waals surface area contributed by atoms with Crippen molar-refractivity contribution in [2.45, 2.75) is 38.5 Å².